The lowest BCUT2D eigenvalue weighted by Crippen LogP contribution is -2.50. The molecule has 1 heterocycles. The van der Waals surface area contributed by atoms with Gasteiger partial charge in [0.2, 0.25) is 0 Å². The molecule has 0 amide bonds. The van der Waals surface area contributed by atoms with E-state index in [1.165, 1.54) is 37.1 Å². The number of thioether (sulfide) groups is 1. The minimum absolute atomic E-state index is 0.0795. The number of rotatable bonds is 5. The van der Waals surface area contributed by atoms with E-state index >= 15 is 0 Å². The molecule has 1 aromatic rings. The van der Waals surface area contributed by atoms with Gasteiger partial charge in [0.05, 0.1) is 11.7 Å². The van der Waals surface area contributed by atoms with E-state index in [0.717, 1.165) is 37.0 Å². The number of aromatic carboxylic acids is 1. The summed E-state index contributed by atoms with van der Waals surface area (Å²) in [6, 6.07) is 3.07. The topological polar surface area (TPSA) is 70.1 Å². The van der Waals surface area contributed by atoms with Crippen molar-refractivity contribution in [3.05, 3.63) is 23.9 Å². The molecule has 122 valence electrons. The van der Waals surface area contributed by atoms with Crippen LogP contribution >= 0.6 is 11.8 Å². The largest absolute Gasteiger partial charge is 0.545 e. The Morgan fingerprint density at radius 1 is 1.17 bits per heavy atom. The summed E-state index contributed by atoms with van der Waals surface area (Å²) in [5, 5.41) is 11.5. The summed E-state index contributed by atoms with van der Waals surface area (Å²) in [5.41, 5.74) is -0.0474. The highest BCUT2D eigenvalue weighted by molar-refractivity contribution is 8.00. The Bertz CT molecular complexity index is 622. The van der Waals surface area contributed by atoms with Crippen LogP contribution in [-0.4, -0.2) is 22.5 Å². The molecule has 5 rings (SSSR count). The summed E-state index contributed by atoms with van der Waals surface area (Å²) >= 11 is 1.25. The molecule has 4 nitrogen and oxygen atoms in total. The molecule has 0 aromatic carbocycles. The van der Waals surface area contributed by atoms with E-state index in [4.69, 9.17) is 0 Å². The number of nitrogens with zero attached hydrogens (tertiary/aromatic N) is 1. The molecular weight excluding hydrogens is 310 g/mol. The van der Waals surface area contributed by atoms with Crippen LogP contribution in [0.2, 0.25) is 0 Å². The second kappa shape index (κ2) is 5.62. The molecule has 4 aliphatic carbocycles. The van der Waals surface area contributed by atoms with Gasteiger partial charge in [0.1, 0.15) is 10.8 Å². The van der Waals surface area contributed by atoms with Crippen LogP contribution in [0.4, 0.5) is 0 Å². The van der Waals surface area contributed by atoms with E-state index in [-0.39, 0.29) is 11.0 Å². The number of carbonyl (C=O) groups is 2. The number of carboxylic acids is 1. The third-order valence-electron chi connectivity index (χ3n) is 5.96. The predicted molar refractivity (Wildman–Crippen MR) is 84.9 cm³/mol. The van der Waals surface area contributed by atoms with Gasteiger partial charge in [-0.25, -0.2) is 4.98 Å². The second-order valence-corrected chi connectivity index (χ2v) is 8.52. The van der Waals surface area contributed by atoms with E-state index in [2.05, 4.69) is 4.98 Å². The Labute approximate surface area is 140 Å². The van der Waals surface area contributed by atoms with Crippen molar-refractivity contribution in [2.75, 3.05) is 5.75 Å². The molecule has 0 atom stereocenters. The van der Waals surface area contributed by atoms with Gasteiger partial charge in [-0.05, 0) is 68.4 Å². The standard InChI is InChI=1S/C18H21NO3S/c20-15(10-23-16-14(17(21)22)2-1-3-19-16)18-7-11-4-12(8-18)6-13(5-11)9-18/h1-3,11-13H,4-10H2,(H,21,22)/p-1. The van der Waals surface area contributed by atoms with Gasteiger partial charge in [0.15, 0.2) is 0 Å². The van der Waals surface area contributed by atoms with Crippen LogP contribution in [-0.2, 0) is 4.79 Å². The van der Waals surface area contributed by atoms with E-state index in [1.54, 1.807) is 12.3 Å². The van der Waals surface area contributed by atoms with Gasteiger partial charge in [-0.15, -0.1) is 0 Å². The van der Waals surface area contributed by atoms with Crippen LogP contribution < -0.4 is 5.11 Å². The highest BCUT2D eigenvalue weighted by Gasteiger charge is 2.54. The first-order chi connectivity index (χ1) is 11.1. The number of hydrogen-bond donors (Lipinski definition) is 0. The van der Waals surface area contributed by atoms with Crippen LogP contribution in [0.5, 0.6) is 0 Å². The Morgan fingerprint density at radius 2 is 1.78 bits per heavy atom. The maximum Gasteiger partial charge on any atom is 0.149 e. The lowest BCUT2D eigenvalue weighted by atomic mass is 9.48. The van der Waals surface area contributed by atoms with Crippen LogP contribution in [0.3, 0.4) is 0 Å². The monoisotopic (exact) mass is 330 g/mol. The number of carboxylic acid groups (broad SMARTS) is 1. The molecule has 0 aliphatic heterocycles. The zero-order chi connectivity index (χ0) is 16.0. The summed E-state index contributed by atoms with van der Waals surface area (Å²) < 4.78 is 0. The van der Waals surface area contributed by atoms with Gasteiger partial charge in [0.25, 0.3) is 0 Å². The van der Waals surface area contributed by atoms with E-state index < -0.39 is 5.97 Å². The Hall–Kier alpha value is -1.36. The summed E-state index contributed by atoms with van der Waals surface area (Å²) in [5.74, 6) is 1.61. The van der Waals surface area contributed by atoms with Crippen molar-refractivity contribution in [3.8, 4) is 0 Å². The van der Waals surface area contributed by atoms with Gasteiger partial charge in [-0.1, -0.05) is 11.8 Å². The average molecular weight is 330 g/mol. The van der Waals surface area contributed by atoms with Gasteiger partial charge >= 0.3 is 0 Å². The molecule has 0 radical (unpaired) electrons. The number of ketones is 1. The maximum atomic E-state index is 12.9. The first kappa shape index (κ1) is 15.2. The number of hydrogen-bond acceptors (Lipinski definition) is 5. The van der Waals surface area contributed by atoms with Gasteiger partial charge in [-0.3, -0.25) is 4.79 Å². The minimum atomic E-state index is -1.23. The molecule has 0 saturated heterocycles. The quantitative estimate of drug-likeness (QED) is 0.775. The van der Waals surface area contributed by atoms with Crippen LogP contribution in [0, 0.1) is 23.2 Å². The van der Waals surface area contributed by atoms with Crippen molar-refractivity contribution in [1.82, 2.24) is 4.98 Å². The summed E-state index contributed by atoms with van der Waals surface area (Å²) in [7, 11) is 0. The third kappa shape index (κ3) is 2.69. The molecule has 0 N–H and O–H groups in total. The summed E-state index contributed by atoms with van der Waals surface area (Å²) in [4.78, 5) is 28.2. The minimum Gasteiger partial charge on any atom is -0.545 e. The lowest BCUT2D eigenvalue weighted by Gasteiger charge is -2.56. The van der Waals surface area contributed by atoms with Gasteiger partial charge in [-0.2, -0.15) is 0 Å². The first-order valence-corrected chi connectivity index (χ1v) is 9.37. The summed E-state index contributed by atoms with van der Waals surface area (Å²) in [6.07, 6.45) is 8.65. The molecule has 4 bridgehead atoms. The lowest BCUT2D eigenvalue weighted by molar-refractivity contribution is -0.255. The third-order valence-corrected chi connectivity index (χ3v) is 6.97. The Kier molecular flexibility index (Phi) is 3.71. The molecule has 0 unspecified atom stereocenters. The molecule has 0 spiro atoms. The average Bonchev–Trinajstić information content (AvgIpc) is 2.51. The fourth-order valence-corrected chi connectivity index (χ4v) is 6.42. The fourth-order valence-electron chi connectivity index (χ4n) is 5.40. The van der Waals surface area contributed by atoms with E-state index in [9.17, 15) is 14.7 Å². The fraction of sp³-hybridized carbons (Fsp3) is 0.611. The van der Waals surface area contributed by atoms with E-state index in [1.807, 2.05) is 0 Å². The SMILES string of the molecule is O=C([O-])c1cccnc1SCC(=O)C12CC3CC(CC(C3)C1)C2. The van der Waals surface area contributed by atoms with Crippen LogP contribution in [0.15, 0.2) is 23.4 Å². The molecule has 1 aromatic heterocycles. The molecular formula is C18H20NO3S-. The van der Waals surface area contributed by atoms with Crippen LogP contribution in [0.25, 0.3) is 0 Å². The van der Waals surface area contributed by atoms with Gasteiger partial charge in [0, 0.05) is 17.2 Å². The molecule has 4 saturated carbocycles. The van der Waals surface area contributed by atoms with Crippen molar-refractivity contribution in [2.45, 2.75) is 43.6 Å². The number of aromatic nitrogens is 1. The highest BCUT2D eigenvalue weighted by atomic mass is 32.2. The molecule has 5 heteroatoms. The van der Waals surface area contributed by atoms with Crippen molar-refractivity contribution in [2.24, 2.45) is 23.2 Å². The highest BCUT2D eigenvalue weighted by Crippen LogP contribution is 2.60. The molecule has 4 aliphatic rings. The Morgan fingerprint density at radius 3 is 2.35 bits per heavy atom. The smallest absolute Gasteiger partial charge is 0.149 e. The van der Waals surface area contributed by atoms with Crippen molar-refractivity contribution in [3.63, 3.8) is 0 Å². The summed E-state index contributed by atoms with van der Waals surface area (Å²) in [6.45, 7) is 0. The van der Waals surface area contributed by atoms with E-state index in [0.29, 0.717) is 16.6 Å². The van der Waals surface area contributed by atoms with Crippen molar-refractivity contribution in [1.29, 1.82) is 0 Å². The number of pyridine rings is 1. The predicted octanol–water partition coefficient (Wildman–Crippen LogP) is 2.32. The normalized spacial score (nSPS) is 34.5. The first-order valence-electron chi connectivity index (χ1n) is 8.38. The zero-order valence-electron chi connectivity index (χ0n) is 13.0. The van der Waals surface area contributed by atoms with Crippen molar-refractivity contribution < 1.29 is 14.7 Å². The van der Waals surface area contributed by atoms with Crippen molar-refractivity contribution >= 4 is 23.5 Å². The van der Waals surface area contributed by atoms with Gasteiger partial charge < -0.3 is 9.90 Å². The number of carbonyl (C=O) groups excluding carboxylic acids is 2. The van der Waals surface area contributed by atoms with Crippen LogP contribution in [0.1, 0.15) is 48.9 Å². The maximum absolute atomic E-state index is 12.9. The second-order valence-electron chi connectivity index (χ2n) is 7.55. The Balaban J connectivity index is 1.48. The molecule has 4 fully saturated rings. The zero-order valence-corrected chi connectivity index (χ0v) is 13.8. The molecule has 23 heavy (non-hydrogen) atoms. The number of Topliss-reactive ketones (excluding diaryl/α,β-unsaturated/α-hetero) is 1.